The molecule has 0 N–H and O–H groups in total. The zero-order chi connectivity index (χ0) is 14.8. The molecule has 0 saturated heterocycles. The molecule has 1 aromatic carbocycles. The van der Waals surface area contributed by atoms with Crippen LogP contribution < -0.4 is 0 Å². The molecule has 0 bridgehead atoms. The van der Waals surface area contributed by atoms with Crippen LogP contribution in [0.2, 0.25) is 5.02 Å². The van der Waals surface area contributed by atoms with Crippen LogP contribution in [-0.4, -0.2) is 14.5 Å². The van der Waals surface area contributed by atoms with Gasteiger partial charge in [-0.05, 0) is 42.7 Å². The standard InChI is InChI=1S/C17H16ClN3/c1-12-3-4-15(8-17(12)18)16-7-14(9-19-10-16)11-21-6-5-20-13(21)2/h3-10H,11H2,1-2H3. The summed E-state index contributed by atoms with van der Waals surface area (Å²) >= 11 is 6.21. The van der Waals surface area contributed by atoms with Crippen molar-refractivity contribution < 1.29 is 0 Å². The minimum Gasteiger partial charge on any atom is -0.331 e. The van der Waals surface area contributed by atoms with Gasteiger partial charge in [-0.15, -0.1) is 0 Å². The molecule has 3 aromatic rings. The van der Waals surface area contributed by atoms with Gasteiger partial charge in [-0.3, -0.25) is 4.98 Å². The van der Waals surface area contributed by atoms with Crippen molar-refractivity contribution in [2.24, 2.45) is 0 Å². The molecule has 0 unspecified atom stereocenters. The summed E-state index contributed by atoms with van der Waals surface area (Å²) in [6, 6.07) is 8.24. The molecular weight excluding hydrogens is 282 g/mol. The zero-order valence-electron chi connectivity index (χ0n) is 12.0. The van der Waals surface area contributed by atoms with E-state index < -0.39 is 0 Å². The lowest BCUT2D eigenvalue weighted by Crippen LogP contribution is -2.01. The molecule has 21 heavy (non-hydrogen) atoms. The maximum Gasteiger partial charge on any atom is 0.105 e. The Hall–Kier alpha value is -2.13. The van der Waals surface area contributed by atoms with Gasteiger partial charge in [0.2, 0.25) is 0 Å². The van der Waals surface area contributed by atoms with Gasteiger partial charge < -0.3 is 4.57 Å². The third-order valence-electron chi connectivity index (χ3n) is 3.58. The van der Waals surface area contributed by atoms with Crippen LogP contribution in [-0.2, 0) is 6.54 Å². The van der Waals surface area contributed by atoms with E-state index in [0.29, 0.717) is 0 Å². The van der Waals surface area contributed by atoms with Crippen molar-refractivity contribution in [3.63, 3.8) is 0 Å². The molecule has 0 aliphatic rings. The number of hydrogen-bond acceptors (Lipinski definition) is 2. The van der Waals surface area contributed by atoms with Crippen molar-refractivity contribution in [2.75, 3.05) is 0 Å². The molecule has 2 aromatic heterocycles. The summed E-state index contributed by atoms with van der Waals surface area (Å²) in [7, 11) is 0. The van der Waals surface area contributed by atoms with Crippen molar-refractivity contribution in [1.29, 1.82) is 0 Å². The van der Waals surface area contributed by atoms with Crippen LogP contribution >= 0.6 is 11.6 Å². The lowest BCUT2D eigenvalue weighted by molar-refractivity contribution is 0.759. The summed E-state index contributed by atoms with van der Waals surface area (Å²) < 4.78 is 2.10. The van der Waals surface area contributed by atoms with E-state index in [1.165, 1.54) is 0 Å². The summed E-state index contributed by atoms with van der Waals surface area (Å²) in [5.41, 5.74) is 4.39. The first kappa shape index (κ1) is 13.8. The number of nitrogens with zero attached hydrogens (tertiary/aromatic N) is 3. The number of aryl methyl sites for hydroxylation is 2. The summed E-state index contributed by atoms with van der Waals surface area (Å²) in [5.74, 6) is 0.999. The fraction of sp³-hybridized carbons (Fsp3) is 0.176. The Labute approximate surface area is 129 Å². The minimum absolute atomic E-state index is 0.770. The molecule has 2 heterocycles. The van der Waals surface area contributed by atoms with E-state index >= 15 is 0 Å². The predicted octanol–water partition coefficient (Wildman–Crippen LogP) is 4.26. The Balaban J connectivity index is 1.92. The first-order chi connectivity index (χ1) is 10.1. The monoisotopic (exact) mass is 297 g/mol. The van der Waals surface area contributed by atoms with Crippen molar-refractivity contribution >= 4 is 11.6 Å². The normalized spacial score (nSPS) is 10.8. The molecule has 0 radical (unpaired) electrons. The fourth-order valence-corrected chi connectivity index (χ4v) is 2.45. The Kier molecular flexibility index (Phi) is 3.76. The topological polar surface area (TPSA) is 30.7 Å². The van der Waals surface area contributed by atoms with Crippen molar-refractivity contribution in [1.82, 2.24) is 14.5 Å². The van der Waals surface area contributed by atoms with Crippen LogP contribution in [0.1, 0.15) is 17.0 Å². The van der Waals surface area contributed by atoms with Gasteiger partial charge in [-0.2, -0.15) is 0 Å². The molecule has 0 amide bonds. The minimum atomic E-state index is 0.770. The van der Waals surface area contributed by atoms with Gasteiger partial charge in [-0.1, -0.05) is 23.7 Å². The summed E-state index contributed by atoms with van der Waals surface area (Å²) in [6.07, 6.45) is 7.54. The van der Waals surface area contributed by atoms with Crippen LogP contribution in [0.5, 0.6) is 0 Å². The van der Waals surface area contributed by atoms with Gasteiger partial charge in [-0.25, -0.2) is 4.98 Å². The number of imidazole rings is 1. The van der Waals surface area contributed by atoms with Crippen LogP contribution in [0.25, 0.3) is 11.1 Å². The first-order valence-electron chi connectivity index (χ1n) is 6.81. The number of benzene rings is 1. The fourth-order valence-electron chi connectivity index (χ4n) is 2.27. The van der Waals surface area contributed by atoms with E-state index in [1.807, 2.05) is 50.8 Å². The summed E-state index contributed by atoms with van der Waals surface area (Å²) in [4.78, 5) is 8.59. The molecule has 3 nitrogen and oxygen atoms in total. The molecule has 106 valence electrons. The van der Waals surface area contributed by atoms with Gasteiger partial charge in [0.05, 0.1) is 6.54 Å². The SMILES string of the molecule is Cc1ccc(-c2cncc(Cn3ccnc3C)c2)cc1Cl. The van der Waals surface area contributed by atoms with E-state index in [1.54, 1.807) is 0 Å². The van der Waals surface area contributed by atoms with E-state index in [9.17, 15) is 0 Å². The molecular formula is C17H16ClN3. The quantitative estimate of drug-likeness (QED) is 0.723. The Morgan fingerprint density at radius 3 is 2.67 bits per heavy atom. The molecule has 0 spiro atoms. The molecule has 0 fully saturated rings. The zero-order valence-corrected chi connectivity index (χ0v) is 12.8. The molecule has 4 heteroatoms. The molecule has 0 atom stereocenters. The van der Waals surface area contributed by atoms with E-state index in [4.69, 9.17) is 11.6 Å². The largest absolute Gasteiger partial charge is 0.331 e. The van der Waals surface area contributed by atoms with Crippen molar-refractivity contribution in [3.8, 4) is 11.1 Å². The average Bonchev–Trinajstić information content (AvgIpc) is 2.88. The highest BCUT2D eigenvalue weighted by Crippen LogP contribution is 2.25. The number of hydrogen-bond donors (Lipinski definition) is 0. The van der Waals surface area contributed by atoms with Gasteiger partial charge in [0.15, 0.2) is 0 Å². The predicted molar refractivity (Wildman–Crippen MR) is 85.5 cm³/mol. The molecule has 0 aliphatic carbocycles. The van der Waals surface area contributed by atoms with E-state index in [2.05, 4.69) is 26.7 Å². The highest BCUT2D eigenvalue weighted by Gasteiger charge is 2.04. The first-order valence-corrected chi connectivity index (χ1v) is 7.19. The van der Waals surface area contributed by atoms with Crippen LogP contribution in [0.3, 0.4) is 0 Å². The third-order valence-corrected chi connectivity index (χ3v) is 3.98. The number of rotatable bonds is 3. The second kappa shape index (κ2) is 5.70. The van der Waals surface area contributed by atoms with Crippen molar-refractivity contribution in [2.45, 2.75) is 20.4 Å². The molecule has 0 aliphatic heterocycles. The number of aromatic nitrogens is 3. The van der Waals surface area contributed by atoms with Crippen LogP contribution in [0.15, 0.2) is 49.1 Å². The Bertz CT molecular complexity index is 777. The van der Waals surface area contributed by atoms with Gasteiger partial charge >= 0.3 is 0 Å². The molecule has 0 saturated carbocycles. The van der Waals surface area contributed by atoms with E-state index in [-0.39, 0.29) is 0 Å². The highest BCUT2D eigenvalue weighted by molar-refractivity contribution is 6.31. The highest BCUT2D eigenvalue weighted by atomic mass is 35.5. The summed E-state index contributed by atoms with van der Waals surface area (Å²) in [5, 5.41) is 0.781. The van der Waals surface area contributed by atoms with E-state index in [0.717, 1.165) is 39.6 Å². The van der Waals surface area contributed by atoms with Gasteiger partial charge in [0.1, 0.15) is 5.82 Å². The second-order valence-corrected chi connectivity index (χ2v) is 5.56. The average molecular weight is 298 g/mol. The molecule has 3 rings (SSSR count). The van der Waals surface area contributed by atoms with Crippen LogP contribution in [0, 0.1) is 13.8 Å². The lowest BCUT2D eigenvalue weighted by Gasteiger charge is -2.08. The summed E-state index contributed by atoms with van der Waals surface area (Å²) in [6.45, 7) is 4.77. The van der Waals surface area contributed by atoms with Gasteiger partial charge in [0, 0.05) is 35.4 Å². The van der Waals surface area contributed by atoms with Gasteiger partial charge in [0.25, 0.3) is 0 Å². The Morgan fingerprint density at radius 2 is 1.95 bits per heavy atom. The lowest BCUT2D eigenvalue weighted by atomic mass is 10.0. The van der Waals surface area contributed by atoms with Crippen molar-refractivity contribution in [3.05, 3.63) is 71.0 Å². The maximum absolute atomic E-state index is 6.21. The smallest absolute Gasteiger partial charge is 0.105 e. The second-order valence-electron chi connectivity index (χ2n) is 5.15. The maximum atomic E-state index is 6.21. The number of halogens is 1. The third kappa shape index (κ3) is 2.98. The number of pyridine rings is 1. The van der Waals surface area contributed by atoms with Crippen LogP contribution in [0.4, 0.5) is 0 Å². The Morgan fingerprint density at radius 1 is 1.10 bits per heavy atom.